The number of aromatic nitrogens is 3. The quantitative estimate of drug-likeness (QED) is 0.494. The average molecular weight is 438 g/mol. The van der Waals surface area contributed by atoms with Crippen LogP contribution in [0.3, 0.4) is 0 Å². The number of methoxy groups -OCH3 is 1. The Balaban J connectivity index is 1.80. The first kappa shape index (κ1) is 20.6. The molecule has 2 aliphatic rings. The summed E-state index contributed by atoms with van der Waals surface area (Å²) < 4.78 is 34.9. The molecule has 0 spiro atoms. The van der Waals surface area contributed by atoms with Crippen LogP contribution in [-0.2, 0) is 6.42 Å². The molecule has 1 aromatic carbocycles. The highest BCUT2D eigenvalue weighted by Crippen LogP contribution is 2.50. The van der Waals surface area contributed by atoms with Crippen molar-refractivity contribution in [2.24, 2.45) is 5.73 Å². The molecule has 1 unspecified atom stereocenters. The molecule has 3 heterocycles. The third kappa shape index (κ3) is 3.07. The number of rotatable bonds is 5. The maximum atomic E-state index is 15.3. The second-order valence-corrected chi connectivity index (χ2v) is 8.03. The Morgan fingerprint density at radius 3 is 2.66 bits per heavy atom. The highest BCUT2D eigenvalue weighted by molar-refractivity contribution is 5.96. The summed E-state index contributed by atoms with van der Waals surface area (Å²) in [6, 6.07) is 1.56. The summed E-state index contributed by atoms with van der Waals surface area (Å²) >= 11 is 0. The number of pyridine rings is 1. The predicted molar refractivity (Wildman–Crippen MR) is 119 cm³/mol. The van der Waals surface area contributed by atoms with Crippen molar-refractivity contribution in [2.75, 3.05) is 37.5 Å². The second kappa shape index (κ2) is 7.98. The maximum absolute atomic E-state index is 15.3. The SMILES string of the molecule is CNc1cc(F)c(F)c2c1Cc1ncc(-c3cnc(OC)nc3)c(N3CCCC3CN)c1-2. The van der Waals surface area contributed by atoms with Gasteiger partial charge in [-0.15, -0.1) is 0 Å². The number of hydrogen-bond donors (Lipinski definition) is 2. The number of ether oxygens (including phenoxy) is 1. The minimum absolute atomic E-state index is 0.101. The van der Waals surface area contributed by atoms with Gasteiger partial charge in [0.2, 0.25) is 0 Å². The van der Waals surface area contributed by atoms with Gasteiger partial charge in [-0.3, -0.25) is 4.98 Å². The maximum Gasteiger partial charge on any atom is 0.316 e. The number of nitrogens with zero attached hydrogens (tertiary/aromatic N) is 4. The summed E-state index contributed by atoms with van der Waals surface area (Å²) in [5.41, 5.74) is 11.3. The van der Waals surface area contributed by atoms with E-state index in [4.69, 9.17) is 10.5 Å². The monoisotopic (exact) mass is 438 g/mol. The molecule has 1 fully saturated rings. The standard InChI is InChI=1S/C23H24F2N6O/c1-27-17-7-16(24)21(25)19-14(17)6-18-20(19)22(31-5-3-4-13(31)8-26)15(11-28-18)12-9-29-23(32-2)30-10-12/h7,9-11,13,27H,3-6,8,26H2,1-2H3. The van der Waals surface area contributed by atoms with E-state index < -0.39 is 11.6 Å². The van der Waals surface area contributed by atoms with Crippen molar-refractivity contribution in [3.63, 3.8) is 0 Å². The van der Waals surface area contributed by atoms with Gasteiger partial charge in [-0.05, 0) is 18.4 Å². The molecule has 1 atom stereocenters. The minimum Gasteiger partial charge on any atom is -0.467 e. The molecular formula is C23H24F2N6O. The summed E-state index contributed by atoms with van der Waals surface area (Å²) in [5.74, 6) is -1.74. The highest BCUT2D eigenvalue weighted by atomic mass is 19.2. The Morgan fingerprint density at radius 2 is 1.97 bits per heavy atom. The zero-order chi connectivity index (χ0) is 22.4. The zero-order valence-electron chi connectivity index (χ0n) is 18.0. The van der Waals surface area contributed by atoms with Gasteiger partial charge in [0, 0.05) is 85.2 Å². The van der Waals surface area contributed by atoms with Crippen molar-refractivity contribution in [1.82, 2.24) is 15.0 Å². The molecule has 1 aliphatic carbocycles. The van der Waals surface area contributed by atoms with E-state index in [1.807, 2.05) is 0 Å². The number of halogens is 2. The van der Waals surface area contributed by atoms with Crippen LogP contribution in [0.15, 0.2) is 24.7 Å². The number of nitrogens with two attached hydrogens (primary N) is 1. The molecule has 1 saturated heterocycles. The van der Waals surface area contributed by atoms with Crippen molar-refractivity contribution in [1.29, 1.82) is 0 Å². The lowest BCUT2D eigenvalue weighted by atomic mass is 9.97. The van der Waals surface area contributed by atoms with E-state index in [0.29, 0.717) is 29.8 Å². The lowest BCUT2D eigenvalue weighted by Crippen LogP contribution is -2.36. The van der Waals surface area contributed by atoms with Crippen LogP contribution >= 0.6 is 0 Å². The number of hydrogen-bond acceptors (Lipinski definition) is 7. The van der Waals surface area contributed by atoms with Gasteiger partial charge in [-0.2, -0.15) is 0 Å². The van der Waals surface area contributed by atoms with Crippen molar-refractivity contribution in [3.8, 4) is 28.3 Å². The van der Waals surface area contributed by atoms with E-state index >= 15 is 4.39 Å². The van der Waals surface area contributed by atoms with Gasteiger partial charge in [0.1, 0.15) is 0 Å². The van der Waals surface area contributed by atoms with Crippen LogP contribution in [0, 0.1) is 11.6 Å². The first-order chi connectivity index (χ1) is 15.6. The smallest absolute Gasteiger partial charge is 0.316 e. The third-order valence-electron chi connectivity index (χ3n) is 6.38. The summed E-state index contributed by atoms with van der Waals surface area (Å²) in [6.07, 6.45) is 7.41. The molecule has 32 heavy (non-hydrogen) atoms. The molecule has 2 aromatic heterocycles. The highest BCUT2D eigenvalue weighted by Gasteiger charge is 2.36. The molecule has 0 saturated carbocycles. The van der Waals surface area contributed by atoms with Crippen molar-refractivity contribution in [3.05, 3.63) is 47.5 Å². The normalized spacial score (nSPS) is 16.8. The van der Waals surface area contributed by atoms with Gasteiger partial charge in [0.05, 0.1) is 18.5 Å². The van der Waals surface area contributed by atoms with Gasteiger partial charge in [0.15, 0.2) is 11.6 Å². The van der Waals surface area contributed by atoms with Gasteiger partial charge in [-0.1, -0.05) is 0 Å². The van der Waals surface area contributed by atoms with E-state index in [0.717, 1.165) is 41.9 Å². The molecule has 3 N–H and O–H groups in total. The fourth-order valence-corrected chi connectivity index (χ4v) is 4.88. The Hall–Kier alpha value is -3.33. The summed E-state index contributed by atoms with van der Waals surface area (Å²) in [6.45, 7) is 1.24. The lowest BCUT2D eigenvalue weighted by molar-refractivity contribution is 0.380. The zero-order valence-corrected chi connectivity index (χ0v) is 18.0. The first-order valence-corrected chi connectivity index (χ1v) is 10.6. The number of nitrogens with one attached hydrogen (secondary N) is 1. The van der Waals surface area contributed by atoms with Gasteiger partial charge >= 0.3 is 6.01 Å². The average Bonchev–Trinajstić information content (AvgIpc) is 3.45. The van der Waals surface area contributed by atoms with Crippen LogP contribution in [0.25, 0.3) is 22.3 Å². The van der Waals surface area contributed by atoms with Crippen LogP contribution in [0.2, 0.25) is 0 Å². The predicted octanol–water partition coefficient (Wildman–Crippen LogP) is 3.37. The topological polar surface area (TPSA) is 89.2 Å². The van der Waals surface area contributed by atoms with Crippen molar-refractivity contribution < 1.29 is 13.5 Å². The largest absolute Gasteiger partial charge is 0.467 e. The van der Waals surface area contributed by atoms with Gasteiger partial charge in [0.25, 0.3) is 0 Å². The number of fused-ring (bicyclic) bond motifs is 3. The van der Waals surface area contributed by atoms with Gasteiger partial charge < -0.3 is 20.7 Å². The first-order valence-electron chi connectivity index (χ1n) is 10.6. The molecule has 1 aliphatic heterocycles. The van der Waals surface area contributed by atoms with E-state index in [9.17, 15) is 4.39 Å². The second-order valence-electron chi connectivity index (χ2n) is 8.03. The van der Waals surface area contributed by atoms with E-state index in [2.05, 4.69) is 25.2 Å². The van der Waals surface area contributed by atoms with Crippen molar-refractivity contribution in [2.45, 2.75) is 25.3 Å². The molecular weight excluding hydrogens is 414 g/mol. The minimum atomic E-state index is -0.887. The van der Waals surface area contributed by atoms with E-state index in [1.165, 1.54) is 13.2 Å². The molecule has 7 nitrogen and oxygen atoms in total. The van der Waals surface area contributed by atoms with E-state index in [-0.39, 0.29) is 17.6 Å². The van der Waals surface area contributed by atoms with Crippen LogP contribution in [0.1, 0.15) is 24.1 Å². The summed E-state index contributed by atoms with van der Waals surface area (Å²) in [5, 5.41) is 3.00. The van der Waals surface area contributed by atoms with Crippen LogP contribution < -0.4 is 20.7 Å². The Kier molecular flexibility index (Phi) is 5.13. The molecule has 9 heteroatoms. The molecule has 3 aromatic rings. The summed E-state index contributed by atoms with van der Waals surface area (Å²) in [7, 11) is 3.20. The Labute approximate surface area is 184 Å². The fraction of sp³-hybridized carbons (Fsp3) is 0.348. The van der Waals surface area contributed by atoms with Gasteiger partial charge in [-0.25, -0.2) is 18.7 Å². The molecule has 5 rings (SSSR count). The summed E-state index contributed by atoms with van der Waals surface area (Å²) in [4.78, 5) is 15.3. The number of benzene rings is 1. The third-order valence-corrected chi connectivity index (χ3v) is 6.38. The molecule has 0 radical (unpaired) electrons. The van der Waals surface area contributed by atoms with E-state index in [1.54, 1.807) is 25.6 Å². The Bertz CT molecular complexity index is 1180. The molecule has 0 bridgehead atoms. The molecule has 166 valence electrons. The van der Waals surface area contributed by atoms with Crippen LogP contribution in [0.4, 0.5) is 20.2 Å². The van der Waals surface area contributed by atoms with Crippen molar-refractivity contribution >= 4 is 11.4 Å². The Morgan fingerprint density at radius 1 is 1.19 bits per heavy atom. The van der Waals surface area contributed by atoms with Crippen LogP contribution in [0.5, 0.6) is 6.01 Å². The number of anilines is 2. The van der Waals surface area contributed by atoms with Crippen LogP contribution in [-0.4, -0.2) is 48.2 Å². The fourth-order valence-electron chi connectivity index (χ4n) is 4.88. The molecule has 0 amide bonds. The lowest BCUT2D eigenvalue weighted by Gasteiger charge is -2.30.